The summed E-state index contributed by atoms with van der Waals surface area (Å²) in [6.07, 6.45) is 2.75. The number of guanidine groups is 1. The Morgan fingerprint density at radius 1 is 1.27 bits per heavy atom. The number of sulfone groups is 1. The number of aliphatic imine (C=N–C) groups is 1. The highest BCUT2D eigenvalue weighted by Gasteiger charge is 2.68. The molecule has 1 aromatic rings. The Hall–Kier alpha value is -2.76. The highest BCUT2D eigenvalue weighted by molar-refractivity contribution is 7.92. The van der Waals surface area contributed by atoms with E-state index in [2.05, 4.69) is 36.4 Å². The predicted molar refractivity (Wildman–Crippen MR) is 166 cm³/mol. The van der Waals surface area contributed by atoms with Crippen molar-refractivity contribution in [2.45, 2.75) is 95.3 Å². The molecule has 1 saturated heterocycles. The van der Waals surface area contributed by atoms with Gasteiger partial charge in [-0.2, -0.15) is 11.3 Å². The van der Waals surface area contributed by atoms with Gasteiger partial charge in [0.05, 0.1) is 22.5 Å². The Balaban J connectivity index is 1.47. The predicted octanol–water partition coefficient (Wildman–Crippen LogP) is 1.68. The number of hydrazine groups is 1. The number of carbonyl (C=O) groups is 2. The lowest BCUT2D eigenvalue weighted by molar-refractivity contribution is -0.525. The first-order valence-corrected chi connectivity index (χ1v) is 17.5. The van der Waals surface area contributed by atoms with Crippen LogP contribution in [0.3, 0.4) is 0 Å². The number of rotatable bonds is 14. The average Bonchev–Trinajstić information content (AvgIpc) is 3.57. The van der Waals surface area contributed by atoms with Gasteiger partial charge >= 0.3 is 7.12 Å². The minimum atomic E-state index is -3.90. The number of amides is 2. The van der Waals surface area contributed by atoms with Gasteiger partial charge in [0.2, 0.25) is 11.8 Å². The summed E-state index contributed by atoms with van der Waals surface area (Å²) in [5.41, 5.74) is 6.90. The van der Waals surface area contributed by atoms with Crippen LogP contribution in [-0.4, -0.2) is 74.3 Å². The average molecular weight is 655 g/mol. The van der Waals surface area contributed by atoms with E-state index in [-0.39, 0.29) is 41.7 Å². The van der Waals surface area contributed by atoms with Gasteiger partial charge in [0, 0.05) is 11.9 Å². The number of hydrogen-bond donors (Lipinski definition) is 4. The van der Waals surface area contributed by atoms with Crippen molar-refractivity contribution in [1.82, 2.24) is 16.1 Å². The van der Waals surface area contributed by atoms with Gasteiger partial charge in [0.15, 0.2) is 14.9 Å². The van der Waals surface area contributed by atoms with Gasteiger partial charge in [-0.05, 0) is 73.6 Å². The third-order valence-corrected chi connectivity index (χ3v) is 11.8. The second-order valence-corrected chi connectivity index (χ2v) is 16.0. The molecule has 3 saturated carbocycles. The molecule has 0 radical (unpaired) electrons. The highest BCUT2D eigenvalue weighted by atomic mass is 32.2. The quantitative estimate of drug-likeness (QED) is 0.0571. The molecule has 244 valence electrons. The summed E-state index contributed by atoms with van der Waals surface area (Å²) < 4.78 is 38.5. The molecule has 2 amide bonds. The third-order valence-electron chi connectivity index (χ3n) is 9.32. The lowest BCUT2D eigenvalue weighted by Gasteiger charge is -2.64. The van der Waals surface area contributed by atoms with Crippen LogP contribution in [0.1, 0.15) is 66.7 Å². The molecule has 5 rings (SSSR count). The molecule has 6 atom stereocenters. The largest absolute Gasteiger partial charge is 0.481 e. The van der Waals surface area contributed by atoms with Crippen LogP contribution in [-0.2, 0) is 28.7 Å². The third kappa shape index (κ3) is 7.54. The summed E-state index contributed by atoms with van der Waals surface area (Å²) in [6, 6.07) is 0.306. The van der Waals surface area contributed by atoms with Crippen LogP contribution in [0, 0.1) is 33.3 Å². The fraction of sp³-hybridized carbons (Fsp3) is 0.741. The van der Waals surface area contributed by atoms with E-state index < -0.39 is 63.1 Å². The molecule has 4 fully saturated rings. The van der Waals surface area contributed by atoms with Crippen LogP contribution in [0.4, 0.5) is 0 Å². The maximum Gasteiger partial charge on any atom is 0.481 e. The number of carbonyl (C=O) groups excluding carboxylic acids is 2. The van der Waals surface area contributed by atoms with Crippen LogP contribution in [0.2, 0.25) is 0 Å². The first kappa shape index (κ1) is 34.1. The first-order chi connectivity index (χ1) is 20.5. The molecule has 1 aliphatic heterocycles. The smallest absolute Gasteiger partial charge is 0.404 e. The van der Waals surface area contributed by atoms with Gasteiger partial charge in [-0.15, -0.1) is 0 Å². The minimum absolute atomic E-state index is 0.0299. The summed E-state index contributed by atoms with van der Waals surface area (Å²) >= 11 is 1.20. The zero-order valence-electron chi connectivity index (χ0n) is 25.8. The number of nitrogens with one attached hydrogen (secondary N) is 3. The molecule has 4 aliphatic rings. The molecule has 0 aromatic carbocycles. The van der Waals surface area contributed by atoms with E-state index in [0.717, 1.165) is 12.8 Å². The summed E-state index contributed by atoms with van der Waals surface area (Å²) in [7, 11) is -4.58. The molecule has 44 heavy (non-hydrogen) atoms. The van der Waals surface area contributed by atoms with E-state index in [1.807, 2.05) is 13.8 Å². The molecule has 3 aliphatic carbocycles. The van der Waals surface area contributed by atoms with Gasteiger partial charge in [-0.25, -0.2) is 23.5 Å². The van der Waals surface area contributed by atoms with Crippen molar-refractivity contribution in [2.24, 2.45) is 33.9 Å². The Labute approximate surface area is 262 Å². The molecule has 0 spiro atoms. The van der Waals surface area contributed by atoms with Crippen molar-refractivity contribution in [1.29, 1.82) is 0 Å². The molecule has 2 heterocycles. The van der Waals surface area contributed by atoms with Crippen LogP contribution >= 0.6 is 11.3 Å². The standard InChI is InChI=1S/C27H43BN6O8S2/c1-16(2)11-22(28-41-21-13-17-12-20(26(17,3)4)27(21,5)42-28)32-24(36)19(7-6-9-30-25(29)33-34(37)38)31-23(35)15-44(39,40)18-8-10-43-14-18/h8,10,14,16-17,19-22H,6-7,9,11-13,15H2,1-5H3,(H,31,35)(H,32,36)(H3,29,30,33)/t17-,19+,20-,21-,22+,27+/m1/s1. The Kier molecular flexibility index (Phi) is 10.3. The SMILES string of the molecule is CC(C)C[C@H](NC(=O)[C@H](CCCN=C(N)N[N+](=O)[O-])NC(=O)CS(=O)(=O)c1ccsc1)B1O[C@@H]2C[C@H]3C[C@H](C3(C)C)[C@]2(C)O1. The van der Waals surface area contributed by atoms with Gasteiger partial charge in [0.1, 0.15) is 11.8 Å². The number of nitro groups is 1. The van der Waals surface area contributed by atoms with E-state index in [4.69, 9.17) is 15.0 Å². The van der Waals surface area contributed by atoms with Crippen LogP contribution in [0.5, 0.6) is 0 Å². The molecule has 2 bridgehead atoms. The van der Waals surface area contributed by atoms with Crippen LogP contribution in [0.15, 0.2) is 26.7 Å². The Morgan fingerprint density at radius 2 is 2.00 bits per heavy atom. The van der Waals surface area contributed by atoms with E-state index in [0.29, 0.717) is 18.3 Å². The summed E-state index contributed by atoms with van der Waals surface area (Å²) in [5.74, 6) is -2.00. The number of nitrogens with two attached hydrogens (primary N) is 1. The van der Waals surface area contributed by atoms with Gasteiger partial charge < -0.3 is 25.7 Å². The topological polar surface area (TPSA) is 204 Å². The second kappa shape index (κ2) is 13.3. The summed E-state index contributed by atoms with van der Waals surface area (Å²) in [4.78, 5) is 41.1. The lowest BCUT2D eigenvalue weighted by Crippen LogP contribution is -2.65. The maximum atomic E-state index is 13.7. The van der Waals surface area contributed by atoms with Crippen molar-refractivity contribution in [3.05, 3.63) is 26.9 Å². The zero-order valence-corrected chi connectivity index (χ0v) is 27.4. The fourth-order valence-electron chi connectivity index (χ4n) is 6.91. The monoisotopic (exact) mass is 654 g/mol. The molecule has 0 unspecified atom stereocenters. The van der Waals surface area contributed by atoms with E-state index in [1.54, 1.807) is 10.8 Å². The number of hydrogen-bond acceptors (Lipinski definition) is 10. The number of nitrogens with zero attached hydrogens (tertiary/aromatic N) is 2. The lowest BCUT2D eigenvalue weighted by atomic mass is 9.43. The molecule has 17 heteroatoms. The van der Waals surface area contributed by atoms with Crippen molar-refractivity contribution in [2.75, 3.05) is 12.3 Å². The van der Waals surface area contributed by atoms with Crippen molar-refractivity contribution in [3.63, 3.8) is 0 Å². The van der Waals surface area contributed by atoms with E-state index in [9.17, 15) is 28.1 Å². The maximum absolute atomic E-state index is 13.7. The van der Waals surface area contributed by atoms with Crippen molar-refractivity contribution < 1.29 is 32.3 Å². The van der Waals surface area contributed by atoms with Gasteiger partial charge in [0.25, 0.3) is 5.96 Å². The first-order valence-electron chi connectivity index (χ1n) is 14.9. The summed E-state index contributed by atoms with van der Waals surface area (Å²) in [5, 5.41) is 18.4. The number of thiophene rings is 1. The van der Waals surface area contributed by atoms with Crippen molar-refractivity contribution in [3.8, 4) is 0 Å². The summed E-state index contributed by atoms with van der Waals surface area (Å²) in [6.45, 7) is 10.7. The zero-order chi connectivity index (χ0) is 32.4. The van der Waals surface area contributed by atoms with E-state index >= 15 is 0 Å². The molecule has 5 N–H and O–H groups in total. The molecule has 14 nitrogen and oxygen atoms in total. The fourth-order valence-corrected chi connectivity index (χ4v) is 9.14. The highest BCUT2D eigenvalue weighted by Crippen LogP contribution is 2.65. The van der Waals surface area contributed by atoms with Crippen LogP contribution < -0.4 is 21.8 Å². The van der Waals surface area contributed by atoms with Crippen LogP contribution in [0.25, 0.3) is 0 Å². The van der Waals surface area contributed by atoms with Gasteiger partial charge in [-0.3, -0.25) is 9.59 Å². The van der Waals surface area contributed by atoms with Crippen molar-refractivity contribution >= 4 is 46.1 Å². The molecular weight excluding hydrogens is 611 g/mol. The normalized spacial score (nSPS) is 27.2. The molecule has 1 aromatic heterocycles. The molecular formula is C27H43BN6O8S2. The van der Waals surface area contributed by atoms with E-state index in [1.165, 1.54) is 22.8 Å². The van der Waals surface area contributed by atoms with Gasteiger partial charge in [-0.1, -0.05) is 33.1 Å². The Morgan fingerprint density at radius 3 is 2.61 bits per heavy atom. The Bertz CT molecular complexity index is 1360. The minimum Gasteiger partial charge on any atom is -0.404 e. The second-order valence-electron chi connectivity index (χ2n) is 13.2.